The van der Waals surface area contributed by atoms with Gasteiger partial charge >= 0.3 is 0 Å². The lowest BCUT2D eigenvalue weighted by atomic mass is 10.2. The van der Waals surface area contributed by atoms with Crippen molar-refractivity contribution in [2.75, 3.05) is 5.32 Å². The number of hydrogen-bond acceptors (Lipinski definition) is 2. The number of rotatable bonds is 3. The normalized spacial score (nSPS) is 10.8. The minimum absolute atomic E-state index is 0.771. The fourth-order valence-electron chi connectivity index (χ4n) is 2.11. The minimum Gasteiger partial charge on any atom is -0.380 e. The Balaban J connectivity index is 1.82. The van der Waals surface area contributed by atoms with Crippen LogP contribution in [0, 0.1) is 6.92 Å². The highest BCUT2D eigenvalue weighted by atomic mass is 79.9. The van der Waals surface area contributed by atoms with E-state index in [9.17, 15) is 0 Å². The second-order valence-electron chi connectivity index (χ2n) is 4.55. The van der Waals surface area contributed by atoms with Gasteiger partial charge in [0.2, 0.25) is 0 Å². The zero-order valence-corrected chi connectivity index (χ0v) is 12.2. The van der Waals surface area contributed by atoms with E-state index in [1.807, 2.05) is 12.3 Å². The number of benzene rings is 1. The first-order chi connectivity index (χ1) is 9.24. The third kappa shape index (κ3) is 2.49. The molecular formula is C15H14BrN3. The molecule has 0 aliphatic carbocycles. The van der Waals surface area contributed by atoms with Crippen LogP contribution in [0.3, 0.4) is 0 Å². The number of halogens is 1. The van der Waals surface area contributed by atoms with Crippen molar-refractivity contribution >= 4 is 32.7 Å². The summed E-state index contributed by atoms with van der Waals surface area (Å²) in [7, 11) is 0. The molecule has 0 radical (unpaired) electrons. The Labute approximate surface area is 120 Å². The van der Waals surface area contributed by atoms with Gasteiger partial charge in [-0.25, -0.2) is 4.98 Å². The van der Waals surface area contributed by atoms with E-state index in [1.165, 1.54) is 16.5 Å². The van der Waals surface area contributed by atoms with Crippen LogP contribution in [-0.2, 0) is 6.54 Å². The van der Waals surface area contributed by atoms with Crippen molar-refractivity contribution in [3.8, 4) is 0 Å². The van der Waals surface area contributed by atoms with Crippen LogP contribution >= 0.6 is 15.9 Å². The van der Waals surface area contributed by atoms with Crippen molar-refractivity contribution in [1.29, 1.82) is 0 Å². The summed E-state index contributed by atoms with van der Waals surface area (Å²) in [6, 6.07) is 10.3. The molecule has 4 heteroatoms. The first kappa shape index (κ1) is 12.2. The summed E-state index contributed by atoms with van der Waals surface area (Å²) < 4.78 is 1.09. The van der Waals surface area contributed by atoms with E-state index >= 15 is 0 Å². The Morgan fingerprint density at radius 1 is 1.32 bits per heavy atom. The van der Waals surface area contributed by atoms with Crippen molar-refractivity contribution in [3.05, 3.63) is 58.3 Å². The highest BCUT2D eigenvalue weighted by Gasteiger charge is 2.05. The molecule has 0 fully saturated rings. The van der Waals surface area contributed by atoms with Crippen molar-refractivity contribution in [2.24, 2.45) is 0 Å². The topological polar surface area (TPSA) is 40.7 Å². The minimum atomic E-state index is 0.771. The van der Waals surface area contributed by atoms with Crippen LogP contribution in [0.25, 0.3) is 11.0 Å². The number of aromatic amines is 1. The molecule has 0 atom stereocenters. The molecule has 0 saturated heterocycles. The van der Waals surface area contributed by atoms with Gasteiger partial charge in [-0.3, -0.25) is 0 Å². The highest BCUT2D eigenvalue weighted by Crippen LogP contribution is 2.25. The molecule has 0 spiro atoms. The van der Waals surface area contributed by atoms with Gasteiger partial charge in [-0.2, -0.15) is 0 Å². The number of pyridine rings is 1. The number of aromatic nitrogens is 2. The summed E-state index contributed by atoms with van der Waals surface area (Å²) in [5.74, 6) is 0. The van der Waals surface area contributed by atoms with E-state index in [1.54, 1.807) is 6.20 Å². The first-order valence-electron chi connectivity index (χ1n) is 6.15. The van der Waals surface area contributed by atoms with Crippen molar-refractivity contribution in [2.45, 2.75) is 13.5 Å². The Hall–Kier alpha value is -1.81. The van der Waals surface area contributed by atoms with E-state index in [-0.39, 0.29) is 0 Å². The smallest absolute Gasteiger partial charge is 0.137 e. The molecule has 96 valence electrons. The van der Waals surface area contributed by atoms with Crippen LogP contribution in [0.15, 0.2) is 47.2 Å². The number of fused-ring (bicyclic) bond motifs is 1. The highest BCUT2D eigenvalue weighted by molar-refractivity contribution is 9.10. The third-order valence-electron chi connectivity index (χ3n) is 3.13. The van der Waals surface area contributed by atoms with Gasteiger partial charge in [-0.1, -0.05) is 6.07 Å². The van der Waals surface area contributed by atoms with Gasteiger partial charge in [0.1, 0.15) is 5.65 Å². The fraction of sp³-hybridized carbons (Fsp3) is 0.133. The van der Waals surface area contributed by atoms with Crippen LogP contribution in [-0.4, -0.2) is 9.97 Å². The lowest BCUT2D eigenvalue weighted by Crippen LogP contribution is -1.99. The molecule has 0 amide bonds. The van der Waals surface area contributed by atoms with Crippen molar-refractivity contribution in [3.63, 3.8) is 0 Å². The molecule has 3 aromatic rings. The van der Waals surface area contributed by atoms with Crippen LogP contribution in [0.4, 0.5) is 5.69 Å². The summed E-state index contributed by atoms with van der Waals surface area (Å²) in [5.41, 5.74) is 4.50. The number of nitrogens with one attached hydrogen (secondary N) is 2. The molecular weight excluding hydrogens is 302 g/mol. The largest absolute Gasteiger partial charge is 0.380 e. The fourth-order valence-corrected chi connectivity index (χ4v) is 2.75. The average molecular weight is 316 g/mol. The molecule has 0 aliphatic rings. The number of anilines is 1. The zero-order valence-electron chi connectivity index (χ0n) is 10.6. The van der Waals surface area contributed by atoms with Gasteiger partial charge in [0.25, 0.3) is 0 Å². The molecule has 3 rings (SSSR count). The summed E-state index contributed by atoms with van der Waals surface area (Å²) in [5, 5.41) is 4.61. The van der Waals surface area contributed by atoms with E-state index < -0.39 is 0 Å². The van der Waals surface area contributed by atoms with Gasteiger partial charge in [0.05, 0.1) is 0 Å². The van der Waals surface area contributed by atoms with Crippen molar-refractivity contribution < 1.29 is 0 Å². The number of hydrogen-bond donors (Lipinski definition) is 2. The Kier molecular flexibility index (Phi) is 3.25. The number of aryl methyl sites for hydroxylation is 1. The van der Waals surface area contributed by atoms with Gasteiger partial charge in [0, 0.05) is 34.5 Å². The maximum atomic E-state index is 4.29. The molecule has 2 N–H and O–H groups in total. The summed E-state index contributed by atoms with van der Waals surface area (Å²) >= 11 is 3.58. The van der Waals surface area contributed by atoms with Gasteiger partial charge in [-0.05, 0) is 58.2 Å². The standard InChI is InChI=1S/C15H14BrN3/c1-10-4-5-14(13(16)7-10)18-8-11-9-19-15-12(11)3-2-6-17-15/h2-7,9,18H,8H2,1H3,(H,17,19). The van der Waals surface area contributed by atoms with Crippen molar-refractivity contribution in [1.82, 2.24) is 9.97 Å². The van der Waals surface area contributed by atoms with E-state index in [4.69, 9.17) is 0 Å². The molecule has 2 heterocycles. The van der Waals surface area contributed by atoms with E-state index in [2.05, 4.69) is 62.4 Å². The maximum Gasteiger partial charge on any atom is 0.137 e. The summed E-state index contributed by atoms with van der Waals surface area (Å²) in [6.45, 7) is 2.85. The molecule has 1 aromatic carbocycles. The molecule has 2 aromatic heterocycles. The quantitative estimate of drug-likeness (QED) is 0.758. The maximum absolute atomic E-state index is 4.29. The molecule has 0 saturated carbocycles. The number of H-pyrrole nitrogens is 1. The third-order valence-corrected chi connectivity index (χ3v) is 3.79. The van der Waals surface area contributed by atoms with Crippen LogP contribution in [0.1, 0.15) is 11.1 Å². The zero-order chi connectivity index (χ0) is 13.2. The van der Waals surface area contributed by atoms with E-state index in [0.717, 1.165) is 22.4 Å². The first-order valence-corrected chi connectivity index (χ1v) is 6.94. The molecule has 19 heavy (non-hydrogen) atoms. The Morgan fingerprint density at radius 3 is 3.05 bits per heavy atom. The second-order valence-corrected chi connectivity index (χ2v) is 5.40. The lowest BCUT2D eigenvalue weighted by molar-refractivity contribution is 1.16. The van der Waals surface area contributed by atoms with Crippen LogP contribution in [0.5, 0.6) is 0 Å². The second kappa shape index (κ2) is 5.05. The van der Waals surface area contributed by atoms with Crippen LogP contribution < -0.4 is 5.32 Å². The predicted molar refractivity (Wildman–Crippen MR) is 82.3 cm³/mol. The molecule has 0 bridgehead atoms. The predicted octanol–water partition coefficient (Wildman–Crippen LogP) is 4.25. The van der Waals surface area contributed by atoms with Gasteiger partial charge in [0.15, 0.2) is 0 Å². The lowest BCUT2D eigenvalue weighted by Gasteiger charge is -2.08. The molecule has 0 unspecified atom stereocenters. The summed E-state index contributed by atoms with van der Waals surface area (Å²) in [6.07, 6.45) is 3.80. The molecule has 0 aliphatic heterocycles. The average Bonchev–Trinajstić information content (AvgIpc) is 2.81. The molecule has 3 nitrogen and oxygen atoms in total. The monoisotopic (exact) mass is 315 g/mol. The summed E-state index contributed by atoms with van der Waals surface area (Å²) in [4.78, 5) is 7.48. The number of nitrogens with zero attached hydrogens (tertiary/aromatic N) is 1. The van der Waals surface area contributed by atoms with Gasteiger partial charge in [-0.15, -0.1) is 0 Å². The Bertz CT molecular complexity index is 718. The SMILES string of the molecule is Cc1ccc(NCc2c[nH]c3ncccc23)c(Br)c1. The Morgan fingerprint density at radius 2 is 2.21 bits per heavy atom. The van der Waals surface area contributed by atoms with E-state index in [0.29, 0.717) is 0 Å². The van der Waals surface area contributed by atoms with Crippen LogP contribution in [0.2, 0.25) is 0 Å². The van der Waals surface area contributed by atoms with Gasteiger partial charge < -0.3 is 10.3 Å².